The zero-order valence-electron chi connectivity index (χ0n) is 10.2. The van der Waals surface area contributed by atoms with Gasteiger partial charge in [-0.2, -0.15) is 0 Å². The van der Waals surface area contributed by atoms with Crippen LogP contribution in [0.25, 0.3) is 6.08 Å². The Hall–Kier alpha value is -1.56. The first kappa shape index (κ1) is 14.4. The maximum atomic E-state index is 3.63. The van der Waals surface area contributed by atoms with Crippen molar-refractivity contribution in [3.05, 3.63) is 67.3 Å². The number of hydrogen-bond acceptors (Lipinski definition) is 0. The monoisotopic (exact) mass is 214 g/mol. The summed E-state index contributed by atoms with van der Waals surface area (Å²) in [5.41, 5.74) is 1.17. The van der Waals surface area contributed by atoms with Crippen LogP contribution in [0, 0.1) is 0 Å². The van der Waals surface area contributed by atoms with Crippen LogP contribution in [0.5, 0.6) is 0 Å². The fourth-order valence-electron chi connectivity index (χ4n) is 1.10. The van der Waals surface area contributed by atoms with Crippen molar-refractivity contribution in [1.82, 2.24) is 0 Å². The van der Waals surface area contributed by atoms with Crippen LogP contribution < -0.4 is 0 Å². The van der Waals surface area contributed by atoms with Crippen LogP contribution in [-0.2, 0) is 0 Å². The van der Waals surface area contributed by atoms with Gasteiger partial charge in [-0.1, -0.05) is 87.6 Å². The van der Waals surface area contributed by atoms with Crippen molar-refractivity contribution in [1.29, 1.82) is 0 Å². The van der Waals surface area contributed by atoms with Crippen LogP contribution in [-0.4, -0.2) is 0 Å². The third kappa shape index (κ3) is 9.01. The number of allylic oxidation sites excluding steroid dienone is 3. The van der Waals surface area contributed by atoms with Crippen molar-refractivity contribution in [3.63, 3.8) is 0 Å². The average Bonchev–Trinajstić information content (AvgIpc) is 2.36. The molecule has 0 amide bonds. The molecule has 0 unspecified atom stereocenters. The molecule has 86 valence electrons. The maximum absolute atomic E-state index is 3.63. The Bertz CT molecular complexity index is 293. The first-order valence-corrected chi connectivity index (χ1v) is 5.80. The van der Waals surface area contributed by atoms with Gasteiger partial charge in [0.2, 0.25) is 0 Å². The third-order valence-corrected chi connectivity index (χ3v) is 2.03. The summed E-state index contributed by atoms with van der Waals surface area (Å²) < 4.78 is 0. The highest BCUT2D eigenvalue weighted by Gasteiger charge is 1.76. The normalized spacial score (nSPS) is 9.31. The summed E-state index contributed by atoms with van der Waals surface area (Å²) in [6.45, 7) is 9.40. The predicted octanol–water partition coefficient (Wildman–Crippen LogP) is 5.25. The zero-order valence-corrected chi connectivity index (χ0v) is 10.2. The van der Waals surface area contributed by atoms with Gasteiger partial charge in [-0.15, -0.1) is 0 Å². The van der Waals surface area contributed by atoms with Crippen LogP contribution in [0.2, 0.25) is 0 Å². The van der Waals surface area contributed by atoms with Crippen molar-refractivity contribution in [2.45, 2.75) is 26.2 Å². The van der Waals surface area contributed by atoms with E-state index in [0.29, 0.717) is 0 Å². The van der Waals surface area contributed by atoms with E-state index in [9.17, 15) is 0 Å². The van der Waals surface area contributed by atoms with Crippen molar-refractivity contribution >= 4 is 6.08 Å². The summed E-state index contributed by atoms with van der Waals surface area (Å²) in [6.07, 6.45) is 11.6. The lowest BCUT2D eigenvalue weighted by Gasteiger charge is -1.85. The van der Waals surface area contributed by atoms with Gasteiger partial charge in [0.15, 0.2) is 0 Å². The molecule has 0 saturated heterocycles. The molecule has 0 aromatic heterocycles. The maximum Gasteiger partial charge on any atom is -0.0263 e. The first-order chi connectivity index (χ1) is 7.85. The van der Waals surface area contributed by atoms with Crippen LogP contribution in [0.1, 0.15) is 31.7 Å². The van der Waals surface area contributed by atoms with E-state index in [1.807, 2.05) is 48.6 Å². The van der Waals surface area contributed by atoms with E-state index in [4.69, 9.17) is 0 Å². The molecule has 0 bridgehead atoms. The molecule has 0 heteroatoms. The Kier molecular flexibility index (Phi) is 10.4. The van der Waals surface area contributed by atoms with Crippen molar-refractivity contribution in [3.8, 4) is 0 Å². The van der Waals surface area contributed by atoms with Crippen LogP contribution in [0.15, 0.2) is 61.7 Å². The molecule has 0 spiro atoms. The molecule has 1 rings (SSSR count). The molecule has 0 radical (unpaired) electrons. The van der Waals surface area contributed by atoms with E-state index >= 15 is 0 Å². The minimum Gasteiger partial charge on any atom is -0.0991 e. The number of rotatable bonds is 5. The van der Waals surface area contributed by atoms with Crippen LogP contribution in [0.3, 0.4) is 0 Å². The lowest BCUT2D eigenvalue weighted by molar-refractivity contribution is 0.815. The Morgan fingerprint density at radius 3 is 2.25 bits per heavy atom. The summed E-state index contributed by atoms with van der Waals surface area (Å²) in [7, 11) is 0. The second kappa shape index (κ2) is 11.5. The molecule has 1 aromatic carbocycles. The van der Waals surface area contributed by atoms with Gasteiger partial charge in [0.1, 0.15) is 0 Å². The molecule has 1 aromatic rings. The van der Waals surface area contributed by atoms with Gasteiger partial charge in [-0.05, 0) is 12.0 Å². The van der Waals surface area contributed by atoms with Gasteiger partial charge in [0.05, 0.1) is 0 Å². The number of hydrogen-bond donors (Lipinski definition) is 0. The molecule has 0 N–H and O–H groups in total. The summed E-state index contributed by atoms with van der Waals surface area (Å²) in [5, 5.41) is 0. The molecular weight excluding hydrogens is 192 g/mol. The Labute approximate surface area is 100 Å². The molecule has 0 nitrogen and oxygen atoms in total. The van der Waals surface area contributed by atoms with E-state index in [1.165, 1.54) is 24.8 Å². The van der Waals surface area contributed by atoms with Crippen LogP contribution >= 0.6 is 0 Å². The SMILES string of the molecule is C=CC=CCCCC.C=Cc1ccccc1. The van der Waals surface area contributed by atoms with E-state index < -0.39 is 0 Å². The minimum absolute atomic E-state index is 1.17. The molecule has 0 aliphatic heterocycles. The molecule has 0 aliphatic carbocycles. The molecule has 0 aliphatic rings. The summed E-state index contributed by atoms with van der Waals surface area (Å²) in [4.78, 5) is 0. The lowest BCUT2D eigenvalue weighted by atomic mass is 10.2. The molecule has 0 heterocycles. The highest BCUT2D eigenvalue weighted by atomic mass is 13.8. The summed E-state index contributed by atoms with van der Waals surface area (Å²) in [5.74, 6) is 0. The average molecular weight is 214 g/mol. The van der Waals surface area contributed by atoms with Gasteiger partial charge in [0.25, 0.3) is 0 Å². The second-order valence-electron chi connectivity index (χ2n) is 3.42. The highest BCUT2D eigenvalue weighted by molar-refractivity contribution is 5.45. The van der Waals surface area contributed by atoms with E-state index in [0.717, 1.165) is 0 Å². The first-order valence-electron chi connectivity index (χ1n) is 5.80. The smallest absolute Gasteiger partial charge is 0.0263 e. The number of unbranched alkanes of at least 4 members (excludes halogenated alkanes) is 2. The summed E-state index contributed by atoms with van der Waals surface area (Å²) >= 11 is 0. The van der Waals surface area contributed by atoms with Crippen LogP contribution in [0.4, 0.5) is 0 Å². The van der Waals surface area contributed by atoms with Crippen molar-refractivity contribution in [2.24, 2.45) is 0 Å². The molecule has 0 fully saturated rings. The van der Waals surface area contributed by atoms with Gasteiger partial charge < -0.3 is 0 Å². The van der Waals surface area contributed by atoms with E-state index in [2.05, 4.69) is 26.2 Å². The highest BCUT2D eigenvalue weighted by Crippen LogP contribution is 1.97. The summed E-state index contributed by atoms with van der Waals surface area (Å²) in [6, 6.07) is 10.0. The lowest BCUT2D eigenvalue weighted by Crippen LogP contribution is -1.64. The molecular formula is C16H22. The van der Waals surface area contributed by atoms with Gasteiger partial charge in [0, 0.05) is 0 Å². The largest absolute Gasteiger partial charge is 0.0991 e. The van der Waals surface area contributed by atoms with Gasteiger partial charge in [-0.25, -0.2) is 0 Å². The Balaban J connectivity index is 0.000000281. The quantitative estimate of drug-likeness (QED) is 0.464. The fraction of sp³-hybridized carbons (Fsp3) is 0.250. The molecule has 0 atom stereocenters. The minimum atomic E-state index is 1.17. The van der Waals surface area contributed by atoms with Gasteiger partial charge >= 0.3 is 0 Å². The predicted molar refractivity (Wildman–Crippen MR) is 75.4 cm³/mol. The third-order valence-electron chi connectivity index (χ3n) is 2.03. The van der Waals surface area contributed by atoms with Crippen molar-refractivity contribution < 1.29 is 0 Å². The topological polar surface area (TPSA) is 0 Å². The van der Waals surface area contributed by atoms with Crippen molar-refractivity contribution in [2.75, 3.05) is 0 Å². The van der Waals surface area contributed by atoms with E-state index in [1.54, 1.807) is 0 Å². The second-order valence-corrected chi connectivity index (χ2v) is 3.42. The fourth-order valence-corrected chi connectivity index (χ4v) is 1.10. The van der Waals surface area contributed by atoms with E-state index in [-0.39, 0.29) is 0 Å². The standard InChI is InChI=1S/C8H8.C8H14/c1-2-8-6-4-3-5-7-8;1-3-5-7-8-6-4-2/h2-7H,1H2;3,5,7H,1,4,6,8H2,2H3. The Morgan fingerprint density at radius 2 is 1.81 bits per heavy atom. The zero-order chi connectivity index (χ0) is 12.1. The Morgan fingerprint density at radius 1 is 1.12 bits per heavy atom. The molecule has 0 saturated carbocycles. The number of benzene rings is 1. The molecule has 16 heavy (non-hydrogen) atoms. The van der Waals surface area contributed by atoms with Gasteiger partial charge in [-0.3, -0.25) is 0 Å².